The maximum atomic E-state index is 12.5. The lowest BCUT2D eigenvalue weighted by Crippen LogP contribution is -2.33. The number of hydrogen-bond donors (Lipinski definition) is 2. The van der Waals surface area contributed by atoms with Gasteiger partial charge in [0.05, 0.1) is 25.6 Å². The number of halogens is 1. The van der Waals surface area contributed by atoms with E-state index in [4.69, 9.17) is 16.3 Å². The van der Waals surface area contributed by atoms with Crippen LogP contribution in [0.3, 0.4) is 0 Å². The van der Waals surface area contributed by atoms with Gasteiger partial charge in [0.25, 0.3) is 0 Å². The fraction of sp³-hybridized carbons (Fsp3) is 0.300. The van der Waals surface area contributed by atoms with E-state index in [1.807, 2.05) is 37.3 Å². The highest BCUT2D eigenvalue weighted by atomic mass is 35.5. The van der Waals surface area contributed by atoms with Crippen LogP contribution >= 0.6 is 11.6 Å². The molecule has 0 aliphatic heterocycles. The minimum absolute atomic E-state index is 0.136. The monoisotopic (exact) mass is 374 g/mol. The first-order chi connectivity index (χ1) is 12.4. The topological polar surface area (TPSA) is 67.4 Å². The molecule has 2 atom stereocenters. The predicted molar refractivity (Wildman–Crippen MR) is 102 cm³/mol. The second-order valence-corrected chi connectivity index (χ2v) is 6.51. The molecule has 138 valence electrons. The molecule has 2 amide bonds. The van der Waals surface area contributed by atoms with Gasteiger partial charge in [-0.05, 0) is 42.3 Å². The Morgan fingerprint density at radius 3 is 2.35 bits per heavy atom. The molecule has 5 nitrogen and oxygen atoms in total. The van der Waals surface area contributed by atoms with Gasteiger partial charge in [0.1, 0.15) is 5.75 Å². The summed E-state index contributed by atoms with van der Waals surface area (Å²) in [6, 6.07) is 14.0. The Balaban J connectivity index is 2.06. The van der Waals surface area contributed by atoms with E-state index in [1.165, 1.54) is 6.92 Å². The summed E-state index contributed by atoms with van der Waals surface area (Å²) in [6.45, 7) is 3.33. The highest BCUT2D eigenvalue weighted by molar-refractivity contribution is 6.30. The van der Waals surface area contributed by atoms with Crippen molar-refractivity contribution in [1.29, 1.82) is 0 Å². The van der Waals surface area contributed by atoms with Crippen LogP contribution in [0.5, 0.6) is 5.75 Å². The van der Waals surface area contributed by atoms with Crippen molar-refractivity contribution in [2.75, 3.05) is 7.11 Å². The summed E-state index contributed by atoms with van der Waals surface area (Å²) in [5, 5.41) is 6.39. The Bertz CT molecular complexity index is 762. The van der Waals surface area contributed by atoms with Crippen molar-refractivity contribution in [3.8, 4) is 5.75 Å². The zero-order valence-corrected chi connectivity index (χ0v) is 15.8. The number of carbonyl (C=O) groups is 2. The van der Waals surface area contributed by atoms with Gasteiger partial charge in [-0.25, -0.2) is 0 Å². The fourth-order valence-corrected chi connectivity index (χ4v) is 2.88. The number of amides is 2. The molecule has 2 aromatic carbocycles. The quantitative estimate of drug-likeness (QED) is 0.774. The highest BCUT2D eigenvalue weighted by Gasteiger charge is 2.19. The second-order valence-electron chi connectivity index (χ2n) is 6.07. The zero-order chi connectivity index (χ0) is 19.1. The van der Waals surface area contributed by atoms with E-state index in [1.54, 1.807) is 25.3 Å². The summed E-state index contributed by atoms with van der Waals surface area (Å²) in [5.74, 6) is 0.364. The third kappa shape index (κ3) is 5.77. The third-order valence-electron chi connectivity index (χ3n) is 4.01. The Kier molecular flexibility index (Phi) is 7.04. The van der Waals surface area contributed by atoms with Gasteiger partial charge in [-0.15, -0.1) is 0 Å². The van der Waals surface area contributed by atoms with E-state index in [2.05, 4.69) is 10.6 Å². The van der Waals surface area contributed by atoms with Gasteiger partial charge in [0, 0.05) is 11.9 Å². The first-order valence-corrected chi connectivity index (χ1v) is 8.72. The fourth-order valence-electron chi connectivity index (χ4n) is 2.68. The van der Waals surface area contributed by atoms with Gasteiger partial charge in [-0.1, -0.05) is 35.9 Å². The lowest BCUT2D eigenvalue weighted by molar-refractivity contribution is -0.123. The summed E-state index contributed by atoms with van der Waals surface area (Å²) in [4.78, 5) is 24.0. The van der Waals surface area contributed by atoms with Crippen molar-refractivity contribution in [3.63, 3.8) is 0 Å². The molecule has 6 heteroatoms. The zero-order valence-electron chi connectivity index (χ0n) is 15.1. The number of hydrogen-bond acceptors (Lipinski definition) is 3. The van der Waals surface area contributed by atoms with Crippen LogP contribution in [0.2, 0.25) is 5.02 Å². The standard InChI is InChI=1S/C20H23ClN2O3/c1-13(16-5-4-6-17(21)11-16)22-20(25)12-19(23-14(2)24)15-7-9-18(26-3)10-8-15/h4-11,13,19H,12H2,1-3H3,(H,22,25)(H,23,24). The number of nitrogens with one attached hydrogen (secondary N) is 2. The normalized spacial score (nSPS) is 12.8. The summed E-state index contributed by atoms with van der Waals surface area (Å²) in [5.41, 5.74) is 1.76. The first-order valence-electron chi connectivity index (χ1n) is 8.35. The van der Waals surface area contributed by atoms with Gasteiger partial charge < -0.3 is 15.4 Å². The van der Waals surface area contributed by atoms with Crippen molar-refractivity contribution in [2.45, 2.75) is 32.4 Å². The average molecular weight is 375 g/mol. The van der Waals surface area contributed by atoms with Gasteiger partial charge in [0.2, 0.25) is 11.8 Å². The first kappa shape index (κ1) is 19.8. The van der Waals surface area contributed by atoms with E-state index in [9.17, 15) is 9.59 Å². The second kappa shape index (κ2) is 9.25. The minimum Gasteiger partial charge on any atom is -0.497 e. The van der Waals surface area contributed by atoms with Crippen LogP contribution in [0.1, 0.15) is 43.5 Å². The SMILES string of the molecule is COc1ccc(C(CC(=O)NC(C)c2cccc(Cl)c2)NC(C)=O)cc1. The Morgan fingerprint density at radius 2 is 1.77 bits per heavy atom. The van der Waals surface area contributed by atoms with Crippen molar-refractivity contribution in [3.05, 3.63) is 64.7 Å². The molecule has 0 radical (unpaired) electrons. The molecule has 2 aromatic rings. The molecule has 0 aliphatic rings. The third-order valence-corrected chi connectivity index (χ3v) is 4.25. The number of ether oxygens (including phenoxy) is 1. The van der Waals surface area contributed by atoms with Gasteiger partial charge in [-0.3, -0.25) is 9.59 Å². The Hall–Kier alpha value is -2.53. The average Bonchev–Trinajstić information content (AvgIpc) is 2.60. The largest absolute Gasteiger partial charge is 0.497 e. The number of benzene rings is 2. The molecule has 26 heavy (non-hydrogen) atoms. The van der Waals surface area contributed by atoms with Crippen LogP contribution in [0.25, 0.3) is 0 Å². The van der Waals surface area contributed by atoms with Gasteiger partial charge >= 0.3 is 0 Å². The van der Waals surface area contributed by atoms with Crippen LogP contribution in [0.15, 0.2) is 48.5 Å². The van der Waals surface area contributed by atoms with Crippen LogP contribution in [0, 0.1) is 0 Å². The summed E-state index contributed by atoms with van der Waals surface area (Å²) < 4.78 is 5.14. The Morgan fingerprint density at radius 1 is 1.08 bits per heavy atom. The smallest absolute Gasteiger partial charge is 0.222 e. The molecule has 2 unspecified atom stereocenters. The van der Waals surface area contributed by atoms with Crippen molar-refractivity contribution >= 4 is 23.4 Å². The Labute approximate surface area is 158 Å². The molecule has 0 bridgehead atoms. The summed E-state index contributed by atoms with van der Waals surface area (Å²) in [6.07, 6.45) is 0.136. The van der Waals surface area contributed by atoms with Crippen LogP contribution in [-0.2, 0) is 9.59 Å². The van der Waals surface area contributed by atoms with Gasteiger partial charge in [0.15, 0.2) is 0 Å². The lowest BCUT2D eigenvalue weighted by Gasteiger charge is -2.20. The number of rotatable bonds is 7. The minimum atomic E-state index is -0.412. The van der Waals surface area contributed by atoms with E-state index in [-0.39, 0.29) is 24.3 Å². The molecule has 2 rings (SSSR count). The van der Waals surface area contributed by atoms with E-state index in [0.29, 0.717) is 10.8 Å². The lowest BCUT2D eigenvalue weighted by atomic mass is 10.0. The summed E-state index contributed by atoms with van der Waals surface area (Å²) in [7, 11) is 1.59. The molecule has 0 aliphatic carbocycles. The molecule has 0 aromatic heterocycles. The van der Waals surface area contributed by atoms with Crippen LogP contribution < -0.4 is 15.4 Å². The van der Waals surface area contributed by atoms with E-state index in [0.717, 1.165) is 11.1 Å². The van der Waals surface area contributed by atoms with Crippen molar-refractivity contribution in [1.82, 2.24) is 10.6 Å². The maximum absolute atomic E-state index is 12.5. The maximum Gasteiger partial charge on any atom is 0.222 e. The number of carbonyl (C=O) groups excluding carboxylic acids is 2. The van der Waals surface area contributed by atoms with Crippen molar-refractivity contribution in [2.24, 2.45) is 0 Å². The van der Waals surface area contributed by atoms with Crippen molar-refractivity contribution < 1.29 is 14.3 Å². The van der Waals surface area contributed by atoms with Gasteiger partial charge in [-0.2, -0.15) is 0 Å². The number of methoxy groups -OCH3 is 1. The molecule has 0 spiro atoms. The molecule has 0 saturated carbocycles. The molecular weight excluding hydrogens is 352 g/mol. The van der Waals surface area contributed by atoms with E-state index < -0.39 is 6.04 Å². The molecule has 0 saturated heterocycles. The van der Waals surface area contributed by atoms with Crippen LogP contribution in [-0.4, -0.2) is 18.9 Å². The van der Waals surface area contributed by atoms with E-state index >= 15 is 0 Å². The molecular formula is C20H23ClN2O3. The van der Waals surface area contributed by atoms with Crippen LogP contribution in [0.4, 0.5) is 0 Å². The highest BCUT2D eigenvalue weighted by Crippen LogP contribution is 2.22. The molecule has 2 N–H and O–H groups in total. The summed E-state index contributed by atoms with van der Waals surface area (Å²) >= 11 is 6.00. The predicted octanol–water partition coefficient (Wildman–Crippen LogP) is 3.79. The molecule has 0 heterocycles. The molecule has 0 fully saturated rings.